The van der Waals surface area contributed by atoms with Crippen molar-refractivity contribution in [3.63, 3.8) is 0 Å². The van der Waals surface area contributed by atoms with E-state index in [4.69, 9.17) is 40.5 Å². The van der Waals surface area contributed by atoms with Gasteiger partial charge in [0.05, 0.1) is 6.42 Å². The molecule has 0 bridgehead atoms. The summed E-state index contributed by atoms with van der Waals surface area (Å²) in [7, 11) is 0. The molecule has 0 aromatic heterocycles. The molecule has 70 valence electrons. The molecule has 0 atom stereocenters. The minimum atomic E-state index is -0.480. The zero-order chi connectivity index (χ0) is 10.0. The van der Waals surface area contributed by atoms with Crippen LogP contribution in [0.15, 0.2) is 12.1 Å². The Morgan fingerprint density at radius 3 is 2.08 bits per heavy atom. The van der Waals surface area contributed by atoms with Crippen molar-refractivity contribution in [1.82, 2.24) is 0 Å². The second-order valence-corrected chi connectivity index (χ2v) is 3.74. The van der Waals surface area contributed by atoms with Gasteiger partial charge in [-0.05, 0) is 17.7 Å². The molecule has 2 N–H and O–H groups in total. The minimum Gasteiger partial charge on any atom is -0.369 e. The average molecular weight is 239 g/mol. The van der Waals surface area contributed by atoms with Crippen LogP contribution in [0.25, 0.3) is 0 Å². The Hall–Kier alpha value is -0.440. The first-order valence-electron chi connectivity index (χ1n) is 3.42. The molecule has 5 heteroatoms. The van der Waals surface area contributed by atoms with Crippen molar-refractivity contribution in [2.24, 2.45) is 5.73 Å². The Morgan fingerprint density at radius 1 is 1.23 bits per heavy atom. The topological polar surface area (TPSA) is 43.1 Å². The van der Waals surface area contributed by atoms with E-state index in [1.165, 1.54) is 12.1 Å². The number of amides is 1. The molecule has 1 amide bonds. The fraction of sp³-hybridized carbons (Fsp3) is 0.125. The molecule has 0 fully saturated rings. The van der Waals surface area contributed by atoms with Gasteiger partial charge in [0, 0.05) is 15.1 Å². The summed E-state index contributed by atoms with van der Waals surface area (Å²) in [5.41, 5.74) is 5.53. The van der Waals surface area contributed by atoms with Crippen molar-refractivity contribution in [3.05, 3.63) is 32.8 Å². The summed E-state index contributed by atoms with van der Waals surface area (Å²) in [4.78, 5) is 10.6. The first kappa shape index (κ1) is 10.6. The quantitative estimate of drug-likeness (QED) is 0.846. The van der Waals surface area contributed by atoms with Gasteiger partial charge in [0.2, 0.25) is 5.91 Å². The number of nitrogens with two attached hydrogens (primary N) is 1. The van der Waals surface area contributed by atoms with Crippen LogP contribution < -0.4 is 5.73 Å². The smallest absolute Gasteiger partial charge is 0.221 e. The van der Waals surface area contributed by atoms with E-state index in [0.29, 0.717) is 20.6 Å². The van der Waals surface area contributed by atoms with Gasteiger partial charge < -0.3 is 5.73 Å². The third-order valence-electron chi connectivity index (χ3n) is 1.46. The number of carbonyl (C=O) groups is 1. The van der Waals surface area contributed by atoms with Gasteiger partial charge in [-0.1, -0.05) is 34.8 Å². The fourth-order valence-corrected chi connectivity index (χ4v) is 1.87. The van der Waals surface area contributed by atoms with Gasteiger partial charge in [0.15, 0.2) is 0 Å². The Morgan fingerprint density at radius 2 is 1.69 bits per heavy atom. The van der Waals surface area contributed by atoms with Crippen LogP contribution in [0.2, 0.25) is 15.1 Å². The van der Waals surface area contributed by atoms with Crippen LogP contribution in [-0.4, -0.2) is 5.91 Å². The van der Waals surface area contributed by atoms with Gasteiger partial charge in [-0.25, -0.2) is 0 Å². The number of primary amides is 1. The number of hydrogen-bond donors (Lipinski definition) is 1. The monoisotopic (exact) mass is 237 g/mol. The van der Waals surface area contributed by atoms with Crippen molar-refractivity contribution < 1.29 is 4.79 Å². The third-order valence-corrected chi connectivity index (χ3v) is 2.35. The van der Waals surface area contributed by atoms with E-state index >= 15 is 0 Å². The van der Waals surface area contributed by atoms with Crippen LogP contribution in [0.4, 0.5) is 0 Å². The molecule has 0 saturated carbocycles. The first-order valence-corrected chi connectivity index (χ1v) is 4.56. The first-order chi connectivity index (χ1) is 6.00. The van der Waals surface area contributed by atoms with E-state index in [1.807, 2.05) is 0 Å². The minimum absolute atomic E-state index is 0.0227. The normalized spacial score (nSPS) is 10.1. The second kappa shape index (κ2) is 4.18. The molecule has 1 aromatic carbocycles. The summed E-state index contributed by atoms with van der Waals surface area (Å²) in [6, 6.07) is 3.04. The van der Waals surface area contributed by atoms with Gasteiger partial charge in [-0.3, -0.25) is 4.79 Å². The second-order valence-electron chi connectivity index (χ2n) is 2.49. The fourth-order valence-electron chi connectivity index (χ4n) is 0.915. The molecule has 1 aromatic rings. The molecular weight excluding hydrogens is 232 g/mol. The van der Waals surface area contributed by atoms with E-state index in [-0.39, 0.29) is 6.42 Å². The molecule has 0 aliphatic rings. The highest BCUT2D eigenvalue weighted by Gasteiger charge is 2.09. The lowest BCUT2D eigenvalue weighted by Crippen LogP contribution is -2.14. The maximum Gasteiger partial charge on any atom is 0.221 e. The summed E-state index contributed by atoms with van der Waals surface area (Å²) in [6.07, 6.45) is 0.0227. The van der Waals surface area contributed by atoms with Crippen molar-refractivity contribution in [2.45, 2.75) is 6.42 Å². The van der Waals surface area contributed by atoms with Crippen LogP contribution in [0.1, 0.15) is 5.56 Å². The largest absolute Gasteiger partial charge is 0.369 e. The zero-order valence-electron chi connectivity index (χ0n) is 6.48. The SMILES string of the molecule is NC(=O)Cc1c(Cl)cc(Cl)cc1Cl. The van der Waals surface area contributed by atoms with Crippen LogP contribution in [-0.2, 0) is 11.2 Å². The van der Waals surface area contributed by atoms with E-state index in [0.717, 1.165) is 0 Å². The third kappa shape index (κ3) is 2.76. The maximum absolute atomic E-state index is 10.6. The molecule has 0 saturated heterocycles. The lowest BCUT2D eigenvalue weighted by atomic mass is 10.1. The number of benzene rings is 1. The van der Waals surface area contributed by atoms with Gasteiger partial charge in [-0.15, -0.1) is 0 Å². The highest BCUT2D eigenvalue weighted by atomic mass is 35.5. The van der Waals surface area contributed by atoms with Gasteiger partial charge in [-0.2, -0.15) is 0 Å². The summed E-state index contributed by atoms with van der Waals surface area (Å²) in [5.74, 6) is -0.480. The van der Waals surface area contributed by atoms with Crippen molar-refractivity contribution in [1.29, 1.82) is 0 Å². The van der Waals surface area contributed by atoms with E-state index in [1.54, 1.807) is 0 Å². The summed E-state index contributed by atoms with van der Waals surface area (Å²) in [6.45, 7) is 0. The maximum atomic E-state index is 10.6. The molecule has 0 heterocycles. The van der Waals surface area contributed by atoms with Gasteiger partial charge in [0.25, 0.3) is 0 Å². The Bertz CT molecular complexity index is 328. The summed E-state index contributed by atoms with van der Waals surface area (Å²) >= 11 is 17.3. The predicted octanol–water partition coefficient (Wildman–Crippen LogP) is 2.67. The summed E-state index contributed by atoms with van der Waals surface area (Å²) < 4.78 is 0. The van der Waals surface area contributed by atoms with Crippen LogP contribution in [0, 0.1) is 0 Å². The molecule has 1 rings (SSSR count). The van der Waals surface area contributed by atoms with E-state index in [9.17, 15) is 4.79 Å². The Labute approximate surface area is 90.6 Å². The molecule has 0 aliphatic carbocycles. The number of rotatable bonds is 2. The summed E-state index contributed by atoms with van der Waals surface area (Å²) in [5, 5.41) is 1.15. The van der Waals surface area contributed by atoms with Crippen LogP contribution in [0.3, 0.4) is 0 Å². The van der Waals surface area contributed by atoms with Gasteiger partial charge in [0.1, 0.15) is 0 Å². The van der Waals surface area contributed by atoms with Crippen molar-refractivity contribution in [2.75, 3.05) is 0 Å². The molecule has 0 spiro atoms. The standard InChI is InChI=1S/C8H6Cl3NO/c9-4-1-6(10)5(3-8(12)13)7(11)2-4/h1-2H,3H2,(H2,12,13). The average Bonchev–Trinajstić information content (AvgIpc) is 1.96. The number of carbonyl (C=O) groups excluding carboxylic acids is 1. The van der Waals surface area contributed by atoms with Crippen molar-refractivity contribution in [3.8, 4) is 0 Å². The molecule has 13 heavy (non-hydrogen) atoms. The van der Waals surface area contributed by atoms with Gasteiger partial charge >= 0.3 is 0 Å². The number of hydrogen-bond acceptors (Lipinski definition) is 1. The molecule has 2 nitrogen and oxygen atoms in total. The highest BCUT2D eigenvalue weighted by Crippen LogP contribution is 2.29. The Balaban J connectivity index is 3.13. The molecule has 0 radical (unpaired) electrons. The molecule has 0 unspecified atom stereocenters. The molecule has 0 aliphatic heterocycles. The number of halogens is 3. The molecular formula is C8H6Cl3NO. The lowest BCUT2D eigenvalue weighted by molar-refractivity contribution is -0.117. The van der Waals surface area contributed by atoms with Crippen molar-refractivity contribution >= 4 is 40.7 Å². The predicted molar refractivity (Wildman–Crippen MR) is 54.4 cm³/mol. The highest BCUT2D eigenvalue weighted by molar-refractivity contribution is 6.39. The van der Waals surface area contributed by atoms with Crippen LogP contribution in [0.5, 0.6) is 0 Å². The Kier molecular flexibility index (Phi) is 3.42. The van der Waals surface area contributed by atoms with E-state index in [2.05, 4.69) is 0 Å². The lowest BCUT2D eigenvalue weighted by Gasteiger charge is -2.04. The van der Waals surface area contributed by atoms with Crippen LogP contribution >= 0.6 is 34.8 Å². The van der Waals surface area contributed by atoms with E-state index < -0.39 is 5.91 Å². The zero-order valence-corrected chi connectivity index (χ0v) is 8.75.